The molecule has 0 aromatic heterocycles. The number of rotatable bonds is 3. The summed E-state index contributed by atoms with van der Waals surface area (Å²) in [6.07, 6.45) is 0. The van der Waals surface area contributed by atoms with E-state index in [2.05, 4.69) is 91.0 Å². The lowest BCUT2D eigenvalue weighted by atomic mass is 9.70. The van der Waals surface area contributed by atoms with Gasteiger partial charge in [0.2, 0.25) is 0 Å². The number of halogens is 2. The summed E-state index contributed by atoms with van der Waals surface area (Å²) in [5.41, 5.74) is 11.8. The molecule has 40 heavy (non-hydrogen) atoms. The number of hydrogen-bond donors (Lipinski definition) is 0. The van der Waals surface area contributed by atoms with Gasteiger partial charge >= 0.3 is 0 Å². The third-order valence-corrected chi connectivity index (χ3v) is 8.39. The fourth-order valence-electron chi connectivity index (χ4n) is 6.88. The van der Waals surface area contributed by atoms with Gasteiger partial charge in [0, 0.05) is 17.1 Å². The van der Waals surface area contributed by atoms with Crippen molar-refractivity contribution in [3.05, 3.63) is 173 Å². The van der Waals surface area contributed by atoms with Gasteiger partial charge in [-0.1, -0.05) is 84.9 Å². The van der Waals surface area contributed by atoms with Crippen LogP contribution in [0.2, 0.25) is 0 Å². The van der Waals surface area contributed by atoms with E-state index in [1.807, 2.05) is 11.0 Å². The van der Waals surface area contributed by atoms with Crippen LogP contribution < -0.4 is 4.90 Å². The molecule has 3 heteroatoms. The Morgan fingerprint density at radius 1 is 0.375 bits per heavy atom. The van der Waals surface area contributed by atoms with Crippen molar-refractivity contribution >= 4 is 17.1 Å². The second-order valence-corrected chi connectivity index (χ2v) is 10.4. The molecule has 0 saturated carbocycles. The highest BCUT2D eigenvalue weighted by Gasteiger charge is 2.51. The van der Waals surface area contributed by atoms with Crippen molar-refractivity contribution in [3.63, 3.8) is 0 Å². The van der Waals surface area contributed by atoms with Crippen LogP contribution in [0.4, 0.5) is 25.8 Å². The van der Waals surface area contributed by atoms with Gasteiger partial charge in [0.15, 0.2) is 0 Å². The standard InChI is InChI=1S/C37H23F2N/c38-24-16-18-26(19-17-24)40(27-9-7-8-25(39)22-27)28-20-21-36-32(23-28)31-12-3-6-15-35(31)37(36)33-13-4-1-10-29(33)30-11-2-5-14-34(30)37/h1-23H. The van der Waals surface area contributed by atoms with Crippen LogP contribution >= 0.6 is 0 Å². The van der Waals surface area contributed by atoms with Crippen molar-refractivity contribution in [1.82, 2.24) is 0 Å². The molecule has 6 aromatic carbocycles. The van der Waals surface area contributed by atoms with Gasteiger partial charge in [-0.25, -0.2) is 8.78 Å². The molecular formula is C37H23F2N. The molecule has 0 radical (unpaired) electrons. The third kappa shape index (κ3) is 3.06. The molecule has 2 aliphatic carbocycles. The molecule has 1 spiro atoms. The van der Waals surface area contributed by atoms with Crippen molar-refractivity contribution in [1.29, 1.82) is 0 Å². The lowest BCUT2D eigenvalue weighted by Gasteiger charge is -2.31. The van der Waals surface area contributed by atoms with Crippen molar-refractivity contribution in [2.75, 3.05) is 4.90 Å². The minimum absolute atomic E-state index is 0.314. The van der Waals surface area contributed by atoms with E-state index < -0.39 is 5.41 Å². The monoisotopic (exact) mass is 519 g/mol. The van der Waals surface area contributed by atoms with Gasteiger partial charge in [-0.05, 0) is 99.1 Å². The molecule has 0 fully saturated rings. The topological polar surface area (TPSA) is 3.24 Å². The van der Waals surface area contributed by atoms with E-state index in [9.17, 15) is 8.78 Å². The summed E-state index contributed by atoms with van der Waals surface area (Å²) >= 11 is 0. The Bertz CT molecular complexity index is 1890. The van der Waals surface area contributed by atoms with Crippen LogP contribution in [0, 0.1) is 11.6 Å². The second-order valence-electron chi connectivity index (χ2n) is 10.4. The number of hydrogen-bond acceptors (Lipinski definition) is 1. The number of benzene rings is 6. The highest BCUT2D eigenvalue weighted by Crippen LogP contribution is 2.63. The van der Waals surface area contributed by atoms with Crippen LogP contribution in [-0.4, -0.2) is 0 Å². The molecule has 0 bridgehead atoms. The van der Waals surface area contributed by atoms with Gasteiger partial charge in [0.05, 0.1) is 5.41 Å². The quantitative estimate of drug-likeness (QED) is 0.225. The first-order valence-electron chi connectivity index (χ1n) is 13.4. The summed E-state index contributed by atoms with van der Waals surface area (Å²) in [6, 6.07) is 45.4. The fraction of sp³-hybridized carbons (Fsp3) is 0.0270. The van der Waals surface area contributed by atoms with E-state index in [0.29, 0.717) is 5.69 Å². The molecule has 6 aromatic rings. The molecule has 190 valence electrons. The zero-order valence-electron chi connectivity index (χ0n) is 21.5. The maximum absolute atomic E-state index is 14.4. The highest BCUT2D eigenvalue weighted by atomic mass is 19.1. The summed E-state index contributed by atoms with van der Waals surface area (Å²) in [6.45, 7) is 0. The average molecular weight is 520 g/mol. The Morgan fingerprint density at radius 2 is 0.875 bits per heavy atom. The lowest BCUT2D eigenvalue weighted by molar-refractivity contribution is 0.627. The van der Waals surface area contributed by atoms with E-state index in [1.165, 1.54) is 63.2 Å². The van der Waals surface area contributed by atoms with Crippen LogP contribution in [0.25, 0.3) is 22.3 Å². The summed E-state index contributed by atoms with van der Waals surface area (Å²) in [5.74, 6) is -0.638. The van der Waals surface area contributed by atoms with Crippen LogP contribution in [-0.2, 0) is 5.41 Å². The van der Waals surface area contributed by atoms with E-state index in [1.54, 1.807) is 18.2 Å². The molecule has 0 unspecified atom stereocenters. The minimum Gasteiger partial charge on any atom is -0.310 e. The first kappa shape index (κ1) is 22.9. The third-order valence-electron chi connectivity index (χ3n) is 8.39. The molecule has 0 amide bonds. The highest BCUT2D eigenvalue weighted by molar-refractivity contribution is 5.96. The molecule has 1 nitrogen and oxygen atoms in total. The Hall–Kier alpha value is -5.02. The van der Waals surface area contributed by atoms with Gasteiger partial charge in [-0.2, -0.15) is 0 Å². The molecule has 0 atom stereocenters. The first-order valence-corrected chi connectivity index (χ1v) is 13.4. The van der Waals surface area contributed by atoms with Crippen molar-refractivity contribution in [2.45, 2.75) is 5.41 Å². The van der Waals surface area contributed by atoms with E-state index in [-0.39, 0.29) is 11.6 Å². The van der Waals surface area contributed by atoms with Gasteiger partial charge in [0.1, 0.15) is 11.6 Å². The molecule has 0 aliphatic heterocycles. The van der Waals surface area contributed by atoms with Crippen LogP contribution in [0.3, 0.4) is 0 Å². The lowest BCUT2D eigenvalue weighted by Crippen LogP contribution is -2.25. The average Bonchev–Trinajstić information content (AvgIpc) is 3.46. The Kier molecular flexibility index (Phi) is 4.86. The Labute approximate surface area is 231 Å². The molecule has 0 saturated heterocycles. The molecular weight excluding hydrogens is 496 g/mol. The SMILES string of the molecule is Fc1ccc(N(c2cccc(F)c2)c2ccc3c(c2)-c2ccccc2C32c3ccccc3-c3ccccc32)cc1. The van der Waals surface area contributed by atoms with Crippen molar-refractivity contribution < 1.29 is 8.78 Å². The molecule has 8 rings (SSSR count). The molecule has 2 aliphatic rings. The first-order chi connectivity index (χ1) is 19.7. The number of anilines is 3. The molecule has 0 heterocycles. The van der Waals surface area contributed by atoms with Crippen molar-refractivity contribution in [3.8, 4) is 22.3 Å². The summed E-state index contributed by atoms with van der Waals surface area (Å²) < 4.78 is 28.3. The van der Waals surface area contributed by atoms with Gasteiger partial charge in [-0.15, -0.1) is 0 Å². The Balaban J connectivity index is 1.41. The summed E-state index contributed by atoms with van der Waals surface area (Å²) in [5, 5.41) is 0. The van der Waals surface area contributed by atoms with Crippen molar-refractivity contribution in [2.24, 2.45) is 0 Å². The largest absolute Gasteiger partial charge is 0.310 e. The Morgan fingerprint density at radius 3 is 1.48 bits per heavy atom. The van der Waals surface area contributed by atoms with E-state index >= 15 is 0 Å². The molecule has 0 N–H and O–H groups in total. The fourth-order valence-corrected chi connectivity index (χ4v) is 6.88. The second kappa shape index (κ2) is 8.49. The maximum atomic E-state index is 14.4. The summed E-state index contributed by atoms with van der Waals surface area (Å²) in [7, 11) is 0. The van der Waals surface area contributed by atoms with Gasteiger partial charge < -0.3 is 4.90 Å². The van der Waals surface area contributed by atoms with Gasteiger partial charge in [0.25, 0.3) is 0 Å². The number of nitrogens with zero attached hydrogens (tertiary/aromatic N) is 1. The van der Waals surface area contributed by atoms with E-state index in [0.717, 1.165) is 16.9 Å². The number of fused-ring (bicyclic) bond motifs is 10. The summed E-state index contributed by atoms with van der Waals surface area (Å²) in [4.78, 5) is 1.98. The van der Waals surface area contributed by atoms with Crippen LogP contribution in [0.15, 0.2) is 140 Å². The minimum atomic E-state index is -0.419. The predicted molar refractivity (Wildman–Crippen MR) is 157 cm³/mol. The van der Waals surface area contributed by atoms with Crippen LogP contribution in [0.5, 0.6) is 0 Å². The smallest absolute Gasteiger partial charge is 0.125 e. The zero-order chi connectivity index (χ0) is 26.8. The van der Waals surface area contributed by atoms with Gasteiger partial charge in [-0.3, -0.25) is 0 Å². The predicted octanol–water partition coefficient (Wildman–Crippen LogP) is 9.78. The van der Waals surface area contributed by atoms with Crippen LogP contribution in [0.1, 0.15) is 22.3 Å². The maximum Gasteiger partial charge on any atom is 0.125 e. The zero-order valence-corrected chi connectivity index (χ0v) is 21.5. The normalized spacial score (nSPS) is 13.4. The van der Waals surface area contributed by atoms with E-state index in [4.69, 9.17) is 0 Å².